The summed E-state index contributed by atoms with van der Waals surface area (Å²) in [6.07, 6.45) is 0. The predicted molar refractivity (Wildman–Crippen MR) is 91.8 cm³/mol. The number of carboxylic acid groups (broad SMARTS) is 1. The van der Waals surface area contributed by atoms with E-state index in [-0.39, 0.29) is 23.6 Å². The largest absolute Gasteiger partial charge is 0.493 e. The second-order valence-electron chi connectivity index (χ2n) is 5.21. The summed E-state index contributed by atoms with van der Waals surface area (Å²) in [6, 6.07) is 9.95. The molecule has 0 aromatic heterocycles. The molecule has 2 aromatic rings. The van der Waals surface area contributed by atoms with Gasteiger partial charge in [-0.15, -0.1) is 0 Å². The van der Waals surface area contributed by atoms with Crippen molar-refractivity contribution >= 4 is 17.6 Å². The molecule has 0 radical (unpaired) electrons. The quantitative estimate of drug-likeness (QED) is 0.801. The highest BCUT2D eigenvalue weighted by Gasteiger charge is 2.18. The van der Waals surface area contributed by atoms with Crippen LogP contribution < -0.4 is 19.5 Å². The molecule has 0 aliphatic heterocycles. The Bertz CT molecular complexity index is 787. The molecular weight excluding hydrogens is 326 g/mol. The third-order valence-electron chi connectivity index (χ3n) is 3.39. The molecule has 0 spiro atoms. The summed E-state index contributed by atoms with van der Waals surface area (Å²) in [4.78, 5) is 23.5. The fourth-order valence-electron chi connectivity index (χ4n) is 2.20. The minimum Gasteiger partial charge on any atom is -0.493 e. The molecule has 1 amide bonds. The summed E-state index contributed by atoms with van der Waals surface area (Å²) in [5.74, 6) is -0.565. The Hall–Kier alpha value is -3.22. The van der Waals surface area contributed by atoms with E-state index in [0.717, 1.165) is 5.56 Å². The topological polar surface area (TPSA) is 94.1 Å². The van der Waals surface area contributed by atoms with Gasteiger partial charge in [0.25, 0.3) is 5.91 Å². The first-order valence-electron chi connectivity index (χ1n) is 7.43. The third kappa shape index (κ3) is 4.63. The van der Waals surface area contributed by atoms with E-state index in [1.54, 1.807) is 12.1 Å². The van der Waals surface area contributed by atoms with Gasteiger partial charge in [0.1, 0.15) is 5.75 Å². The molecule has 0 atom stereocenters. The van der Waals surface area contributed by atoms with Crippen LogP contribution in [0.1, 0.15) is 15.9 Å². The van der Waals surface area contributed by atoms with Crippen molar-refractivity contribution in [3.8, 4) is 17.2 Å². The summed E-state index contributed by atoms with van der Waals surface area (Å²) >= 11 is 0. The SMILES string of the molecule is COc1cc(NC(=O)COc2cccc(C)c2)c(C(=O)O)cc1OC. The maximum Gasteiger partial charge on any atom is 0.337 e. The zero-order valence-electron chi connectivity index (χ0n) is 14.2. The number of ether oxygens (including phenoxy) is 3. The Kier molecular flexibility index (Phi) is 5.84. The molecule has 0 aliphatic carbocycles. The summed E-state index contributed by atoms with van der Waals surface area (Å²) in [7, 11) is 2.82. The van der Waals surface area contributed by atoms with Crippen molar-refractivity contribution in [2.24, 2.45) is 0 Å². The van der Waals surface area contributed by atoms with Crippen molar-refractivity contribution in [3.63, 3.8) is 0 Å². The number of aryl methyl sites for hydroxylation is 1. The predicted octanol–water partition coefficient (Wildman–Crippen LogP) is 2.73. The summed E-state index contributed by atoms with van der Waals surface area (Å²) in [5.41, 5.74) is 0.996. The van der Waals surface area contributed by atoms with Crippen molar-refractivity contribution in [3.05, 3.63) is 47.5 Å². The van der Waals surface area contributed by atoms with Crippen LogP contribution in [0.5, 0.6) is 17.2 Å². The van der Waals surface area contributed by atoms with Gasteiger partial charge >= 0.3 is 5.97 Å². The molecular formula is C18H19NO6. The number of methoxy groups -OCH3 is 2. The maximum atomic E-state index is 12.1. The maximum absolute atomic E-state index is 12.1. The Morgan fingerprint density at radius 3 is 2.36 bits per heavy atom. The number of rotatable bonds is 7. The van der Waals surface area contributed by atoms with Gasteiger partial charge in [-0.25, -0.2) is 4.79 Å². The van der Waals surface area contributed by atoms with Gasteiger partial charge in [0.05, 0.1) is 25.5 Å². The van der Waals surface area contributed by atoms with E-state index in [2.05, 4.69) is 5.32 Å². The highest BCUT2D eigenvalue weighted by molar-refractivity contribution is 6.01. The van der Waals surface area contributed by atoms with Crippen LogP contribution in [-0.2, 0) is 4.79 Å². The van der Waals surface area contributed by atoms with Crippen LogP contribution in [0.2, 0.25) is 0 Å². The molecule has 7 heteroatoms. The van der Waals surface area contributed by atoms with E-state index in [0.29, 0.717) is 11.5 Å². The van der Waals surface area contributed by atoms with Crippen molar-refractivity contribution in [1.29, 1.82) is 0 Å². The molecule has 132 valence electrons. The molecule has 0 bridgehead atoms. The van der Waals surface area contributed by atoms with Gasteiger partial charge in [0.2, 0.25) is 0 Å². The van der Waals surface area contributed by atoms with Crippen molar-refractivity contribution in [2.45, 2.75) is 6.92 Å². The van der Waals surface area contributed by atoms with E-state index >= 15 is 0 Å². The Balaban J connectivity index is 2.14. The molecule has 2 N–H and O–H groups in total. The standard InChI is InChI=1S/C18H19NO6/c1-11-5-4-6-12(7-11)25-10-17(20)19-14-9-16(24-3)15(23-2)8-13(14)18(21)22/h4-9H,10H2,1-3H3,(H,19,20)(H,21,22). The second-order valence-corrected chi connectivity index (χ2v) is 5.21. The zero-order valence-corrected chi connectivity index (χ0v) is 14.2. The summed E-state index contributed by atoms with van der Waals surface area (Å²) in [5, 5.41) is 11.8. The van der Waals surface area contributed by atoms with Gasteiger partial charge < -0.3 is 24.6 Å². The van der Waals surface area contributed by atoms with E-state index in [9.17, 15) is 14.7 Å². The lowest BCUT2D eigenvalue weighted by atomic mass is 10.1. The Morgan fingerprint density at radius 2 is 1.76 bits per heavy atom. The normalized spacial score (nSPS) is 10.0. The summed E-state index contributed by atoms with van der Waals surface area (Å²) in [6.45, 7) is 1.66. The van der Waals surface area contributed by atoms with E-state index in [1.165, 1.54) is 26.4 Å². The number of benzene rings is 2. The lowest BCUT2D eigenvalue weighted by Gasteiger charge is -2.14. The number of carbonyl (C=O) groups is 2. The minimum atomic E-state index is -1.20. The van der Waals surface area contributed by atoms with Crippen LogP contribution in [0.25, 0.3) is 0 Å². The summed E-state index contributed by atoms with van der Waals surface area (Å²) < 4.78 is 15.6. The molecule has 25 heavy (non-hydrogen) atoms. The first-order chi connectivity index (χ1) is 11.9. The van der Waals surface area contributed by atoms with E-state index < -0.39 is 11.9 Å². The van der Waals surface area contributed by atoms with Crippen LogP contribution in [-0.4, -0.2) is 37.8 Å². The molecule has 0 aliphatic rings. The van der Waals surface area contributed by atoms with Gasteiger partial charge in [-0.1, -0.05) is 12.1 Å². The lowest BCUT2D eigenvalue weighted by Crippen LogP contribution is -2.21. The van der Waals surface area contributed by atoms with E-state index in [1.807, 2.05) is 19.1 Å². The van der Waals surface area contributed by atoms with Crippen molar-refractivity contribution in [2.75, 3.05) is 26.1 Å². The first-order valence-corrected chi connectivity index (χ1v) is 7.43. The van der Waals surface area contributed by atoms with Crippen LogP contribution in [0.3, 0.4) is 0 Å². The lowest BCUT2D eigenvalue weighted by molar-refractivity contribution is -0.118. The number of anilines is 1. The number of nitrogens with one attached hydrogen (secondary N) is 1. The molecule has 7 nitrogen and oxygen atoms in total. The van der Waals surface area contributed by atoms with Crippen LogP contribution in [0.15, 0.2) is 36.4 Å². The highest BCUT2D eigenvalue weighted by Crippen LogP contribution is 2.33. The van der Waals surface area contributed by atoms with Crippen LogP contribution in [0, 0.1) is 6.92 Å². The molecule has 0 saturated carbocycles. The van der Waals surface area contributed by atoms with Crippen LogP contribution in [0.4, 0.5) is 5.69 Å². The molecule has 2 rings (SSSR count). The zero-order chi connectivity index (χ0) is 18.4. The number of hydrogen-bond donors (Lipinski definition) is 2. The number of carboxylic acids is 1. The van der Waals surface area contributed by atoms with Gasteiger partial charge in [-0.05, 0) is 24.6 Å². The highest BCUT2D eigenvalue weighted by atomic mass is 16.5. The van der Waals surface area contributed by atoms with Crippen molar-refractivity contribution in [1.82, 2.24) is 0 Å². The Labute approximate surface area is 145 Å². The number of hydrogen-bond acceptors (Lipinski definition) is 5. The average Bonchev–Trinajstić information content (AvgIpc) is 2.59. The van der Waals surface area contributed by atoms with Crippen LogP contribution >= 0.6 is 0 Å². The number of amides is 1. The molecule has 2 aromatic carbocycles. The Morgan fingerprint density at radius 1 is 1.08 bits per heavy atom. The third-order valence-corrected chi connectivity index (χ3v) is 3.39. The smallest absolute Gasteiger partial charge is 0.337 e. The second kappa shape index (κ2) is 8.05. The van der Waals surface area contributed by atoms with Gasteiger partial charge in [-0.3, -0.25) is 4.79 Å². The van der Waals surface area contributed by atoms with Gasteiger partial charge in [-0.2, -0.15) is 0 Å². The van der Waals surface area contributed by atoms with Gasteiger partial charge in [0.15, 0.2) is 18.1 Å². The first kappa shape index (κ1) is 18.1. The van der Waals surface area contributed by atoms with E-state index in [4.69, 9.17) is 14.2 Å². The molecule has 0 unspecified atom stereocenters. The minimum absolute atomic E-state index is 0.1000. The fourth-order valence-corrected chi connectivity index (χ4v) is 2.20. The molecule has 0 fully saturated rings. The van der Waals surface area contributed by atoms with Crippen molar-refractivity contribution < 1.29 is 28.9 Å². The molecule has 0 saturated heterocycles. The monoisotopic (exact) mass is 345 g/mol. The number of carbonyl (C=O) groups excluding carboxylic acids is 1. The van der Waals surface area contributed by atoms with Gasteiger partial charge in [0, 0.05) is 12.1 Å². The number of aromatic carboxylic acids is 1. The fraction of sp³-hybridized carbons (Fsp3) is 0.222. The average molecular weight is 345 g/mol. The molecule has 0 heterocycles.